The van der Waals surface area contributed by atoms with E-state index in [0.29, 0.717) is 10.7 Å². The fraction of sp³-hybridized carbons (Fsp3) is 0.286. The summed E-state index contributed by atoms with van der Waals surface area (Å²) in [4.78, 5) is 2.52. The topological polar surface area (TPSA) is 29.3 Å². The van der Waals surface area contributed by atoms with Gasteiger partial charge in [-0.25, -0.2) is 0 Å². The third kappa shape index (κ3) is 3.25. The molecule has 0 aliphatic carbocycles. The molecule has 2 nitrogen and oxygen atoms in total. The maximum Gasteiger partial charge on any atom is 0.103 e. The van der Waals surface area contributed by atoms with Crippen LogP contribution in [-0.4, -0.2) is 24.0 Å². The van der Waals surface area contributed by atoms with E-state index in [1.807, 2.05) is 19.0 Å². The van der Waals surface area contributed by atoms with Crippen LogP contribution in [0.3, 0.4) is 0 Å². The first-order valence-electron chi connectivity index (χ1n) is 2.89. The lowest BCUT2D eigenvalue weighted by atomic mass is 10.4. The van der Waals surface area contributed by atoms with Crippen molar-refractivity contribution in [2.75, 3.05) is 14.1 Å². The molecule has 2 N–H and O–H groups in total. The van der Waals surface area contributed by atoms with E-state index >= 15 is 0 Å². The lowest BCUT2D eigenvalue weighted by Crippen LogP contribution is -2.18. The Morgan fingerprint density at radius 3 is 2.40 bits per heavy atom. The minimum Gasteiger partial charge on any atom is -0.399 e. The number of allylic oxidation sites excluding steroid dienone is 1. The Balaban J connectivity index is 4.13. The van der Waals surface area contributed by atoms with Crippen LogP contribution in [0.25, 0.3) is 0 Å². The SMILES string of the molecule is C=CC(N)=CC(=S)N(C)C. The van der Waals surface area contributed by atoms with Gasteiger partial charge in [-0.3, -0.25) is 0 Å². The highest BCUT2D eigenvalue weighted by atomic mass is 32.1. The predicted molar refractivity (Wildman–Crippen MR) is 48.8 cm³/mol. The van der Waals surface area contributed by atoms with Gasteiger partial charge < -0.3 is 10.6 Å². The first kappa shape index (κ1) is 9.17. The fourth-order valence-corrected chi connectivity index (χ4v) is 0.467. The monoisotopic (exact) mass is 156 g/mol. The molecular weight excluding hydrogens is 144 g/mol. The molecule has 0 unspecified atom stereocenters. The van der Waals surface area contributed by atoms with E-state index in [1.54, 1.807) is 12.2 Å². The minimum absolute atomic E-state index is 0.596. The number of likely N-dealkylation sites (N-methyl/N-ethyl adjacent to an activating group) is 1. The van der Waals surface area contributed by atoms with E-state index in [4.69, 9.17) is 18.0 Å². The summed E-state index contributed by atoms with van der Waals surface area (Å²) in [7, 11) is 3.74. The van der Waals surface area contributed by atoms with Gasteiger partial charge >= 0.3 is 0 Å². The van der Waals surface area contributed by atoms with Crippen molar-refractivity contribution in [3.05, 3.63) is 24.4 Å². The van der Waals surface area contributed by atoms with Crippen LogP contribution in [0, 0.1) is 0 Å². The van der Waals surface area contributed by atoms with Gasteiger partial charge in [-0.05, 0) is 12.2 Å². The number of hydrogen-bond acceptors (Lipinski definition) is 2. The number of hydrogen-bond donors (Lipinski definition) is 1. The highest BCUT2D eigenvalue weighted by Gasteiger charge is 1.92. The van der Waals surface area contributed by atoms with E-state index in [0.717, 1.165) is 0 Å². The highest BCUT2D eigenvalue weighted by Crippen LogP contribution is 1.90. The summed E-state index contributed by atoms with van der Waals surface area (Å²) in [5.41, 5.74) is 6.04. The third-order valence-electron chi connectivity index (χ3n) is 0.967. The average molecular weight is 156 g/mol. The second-order valence-electron chi connectivity index (χ2n) is 2.08. The van der Waals surface area contributed by atoms with Crippen molar-refractivity contribution in [3.63, 3.8) is 0 Å². The van der Waals surface area contributed by atoms with Gasteiger partial charge in [0.05, 0.1) is 0 Å². The van der Waals surface area contributed by atoms with Crippen LogP contribution < -0.4 is 5.73 Å². The molecule has 0 radical (unpaired) electrons. The number of thiocarbonyl (C=S) groups is 1. The quantitative estimate of drug-likeness (QED) is 0.366. The predicted octanol–water partition coefficient (Wildman–Crippen LogP) is 0.904. The van der Waals surface area contributed by atoms with Crippen LogP contribution in [-0.2, 0) is 0 Å². The zero-order chi connectivity index (χ0) is 8.15. The van der Waals surface area contributed by atoms with Crippen molar-refractivity contribution in [1.29, 1.82) is 0 Å². The van der Waals surface area contributed by atoms with E-state index < -0.39 is 0 Å². The van der Waals surface area contributed by atoms with Crippen LogP contribution in [0.1, 0.15) is 0 Å². The Kier molecular flexibility index (Phi) is 3.72. The molecule has 0 bridgehead atoms. The van der Waals surface area contributed by atoms with Crippen molar-refractivity contribution >= 4 is 17.2 Å². The van der Waals surface area contributed by atoms with Gasteiger partial charge in [-0.15, -0.1) is 0 Å². The molecule has 3 heteroatoms. The molecule has 0 aliphatic rings. The minimum atomic E-state index is 0.596. The first-order chi connectivity index (χ1) is 4.57. The summed E-state index contributed by atoms with van der Waals surface area (Å²) >= 11 is 4.94. The highest BCUT2D eigenvalue weighted by molar-refractivity contribution is 7.80. The Morgan fingerprint density at radius 1 is 1.60 bits per heavy atom. The largest absolute Gasteiger partial charge is 0.399 e. The summed E-state index contributed by atoms with van der Waals surface area (Å²) in [6.07, 6.45) is 3.26. The molecule has 0 rings (SSSR count). The smallest absolute Gasteiger partial charge is 0.103 e. The number of rotatable bonds is 2. The van der Waals surface area contributed by atoms with Crippen molar-refractivity contribution in [2.24, 2.45) is 5.73 Å². The fourth-order valence-electron chi connectivity index (χ4n) is 0.331. The van der Waals surface area contributed by atoms with Crippen LogP contribution in [0.5, 0.6) is 0 Å². The second-order valence-corrected chi connectivity index (χ2v) is 2.50. The molecular formula is C7H12N2S. The molecule has 0 atom stereocenters. The molecule has 0 saturated heterocycles. The first-order valence-corrected chi connectivity index (χ1v) is 3.29. The summed E-state index contributed by atoms with van der Waals surface area (Å²) in [6.45, 7) is 3.50. The van der Waals surface area contributed by atoms with Crippen molar-refractivity contribution in [3.8, 4) is 0 Å². The summed E-state index contributed by atoms with van der Waals surface area (Å²) in [5, 5.41) is 0. The molecule has 0 spiro atoms. The molecule has 0 aromatic heterocycles. The zero-order valence-electron chi connectivity index (χ0n) is 6.29. The van der Waals surface area contributed by atoms with E-state index in [1.165, 1.54) is 0 Å². The molecule has 0 aliphatic heterocycles. The van der Waals surface area contributed by atoms with E-state index in [-0.39, 0.29) is 0 Å². The van der Waals surface area contributed by atoms with Crippen molar-refractivity contribution in [1.82, 2.24) is 4.90 Å². The normalized spacial score (nSPS) is 10.8. The maximum absolute atomic E-state index is 5.44. The lowest BCUT2D eigenvalue weighted by Gasteiger charge is -2.09. The van der Waals surface area contributed by atoms with Gasteiger partial charge in [0, 0.05) is 19.8 Å². The van der Waals surface area contributed by atoms with Gasteiger partial charge in [-0.2, -0.15) is 0 Å². The van der Waals surface area contributed by atoms with E-state index in [9.17, 15) is 0 Å². The lowest BCUT2D eigenvalue weighted by molar-refractivity contribution is 0.639. The zero-order valence-corrected chi connectivity index (χ0v) is 7.11. The number of nitrogens with zero attached hydrogens (tertiary/aromatic N) is 1. The third-order valence-corrected chi connectivity index (χ3v) is 1.45. The number of nitrogens with two attached hydrogens (primary N) is 1. The molecule has 0 saturated carbocycles. The molecule has 0 aromatic carbocycles. The van der Waals surface area contributed by atoms with Gasteiger partial charge in [0.1, 0.15) is 4.99 Å². The average Bonchev–Trinajstić information content (AvgIpc) is 1.87. The van der Waals surface area contributed by atoms with Crippen LogP contribution in [0.2, 0.25) is 0 Å². The van der Waals surface area contributed by atoms with Crippen LogP contribution in [0.4, 0.5) is 0 Å². The molecule has 10 heavy (non-hydrogen) atoms. The molecule has 0 fully saturated rings. The van der Waals surface area contributed by atoms with Crippen molar-refractivity contribution in [2.45, 2.75) is 0 Å². The second kappa shape index (κ2) is 4.06. The summed E-state index contributed by atoms with van der Waals surface area (Å²) in [6, 6.07) is 0. The Bertz CT molecular complexity index is 170. The Labute approximate surface area is 67.0 Å². The van der Waals surface area contributed by atoms with Crippen molar-refractivity contribution < 1.29 is 0 Å². The Hall–Kier alpha value is -0.830. The summed E-state index contributed by atoms with van der Waals surface area (Å²) in [5.74, 6) is 0. The molecule has 0 amide bonds. The standard InChI is InChI=1S/C7H12N2S/c1-4-6(8)5-7(10)9(2)3/h4-5H,1,8H2,2-3H3. The summed E-state index contributed by atoms with van der Waals surface area (Å²) < 4.78 is 0. The van der Waals surface area contributed by atoms with E-state index in [2.05, 4.69) is 6.58 Å². The Morgan fingerprint density at radius 2 is 2.10 bits per heavy atom. The van der Waals surface area contributed by atoms with Gasteiger partial charge in [0.2, 0.25) is 0 Å². The molecule has 0 heterocycles. The van der Waals surface area contributed by atoms with Gasteiger partial charge in [0.15, 0.2) is 0 Å². The van der Waals surface area contributed by atoms with Crippen LogP contribution >= 0.6 is 12.2 Å². The van der Waals surface area contributed by atoms with Gasteiger partial charge in [-0.1, -0.05) is 18.8 Å². The van der Waals surface area contributed by atoms with Crippen LogP contribution in [0.15, 0.2) is 24.4 Å². The molecule has 0 aromatic rings. The molecule has 56 valence electrons. The maximum atomic E-state index is 5.44. The van der Waals surface area contributed by atoms with Gasteiger partial charge in [0.25, 0.3) is 0 Å².